The first-order valence-corrected chi connectivity index (χ1v) is 7.45. The maximum absolute atomic E-state index is 11.0. The van der Waals surface area contributed by atoms with Crippen molar-refractivity contribution < 1.29 is 23.2 Å². The summed E-state index contributed by atoms with van der Waals surface area (Å²) < 4.78 is 25.2. The molecule has 4 N–H and O–H groups in total. The minimum Gasteiger partial charge on any atom is -0.330 e. The molecular formula is C6H17NO5P2. The van der Waals surface area contributed by atoms with Gasteiger partial charge in [0.1, 0.15) is 0 Å². The van der Waals surface area contributed by atoms with Gasteiger partial charge < -0.3 is 15.5 Å². The van der Waals surface area contributed by atoms with Gasteiger partial charge in [0.05, 0.1) is 6.16 Å². The molecular weight excluding hydrogens is 228 g/mol. The highest BCUT2D eigenvalue weighted by molar-refractivity contribution is 7.59. The Morgan fingerprint density at radius 2 is 1.86 bits per heavy atom. The Hall–Kier alpha value is 0.300. The summed E-state index contributed by atoms with van der Waals surface area (Å²) >= 11 is 0. The molecule has 2 unspecified atom stereocenters. The molecule has 0 bridgehead atoms. The Kier molecular flexibility index (Phi) is 7.74. The molecule has 0 fully saturated rings. The van der Waals surface area contributed by atoms with Gasteiger partial charge in [0, 0.05) is 0 Å². The zero-order chi connectivity index (χ0) is 11.0. The van der Waals surface area contributed by atoms with Crippen LogP contribution < -0.4 is 5.73 Å². The number of hydrogen-bond donors (Lipinski definition) is 3. The molecule has 0 saturated heterocycles. The molecule has 6 nitrogen and oxygen atoms in total. The van der Waals surface area contributed by atoms with Crippen molar-refractivity contribution in [1.82, 2.24) is 0 Å². The Bertz CT molecular complexity index is 222. The lowest BCUT2D eigenvalue weighted by molar-refractivity contribution is 0.348. The van der Waals surface area contributed by atoms with Crippen LogP contribution in [0.2, 0.25) is 0 Å². The summed E-state index contributed by atoms with van der Waals surface area (Å²) in [5.41, 5.74) is 5.26. The summed E-state index contributed by atoms with van der Waals surface area (Å²) in [6, 6.07) is 0. The van der Waals surface area contributed by atoms with Gasteiger partial charge in [-0.3, -0.25) is 9.13 Å². The van der Waals surface area contributed by atoms with Crippen molar-refractivity contribution in [2.75, 3.05) is 12.7 Å². The van der Waals surface area contributed by atoms with Crippen molar-refractivity contribution in [3.05, 3.63) is 0 Å². The van der Waals surface area contributed by atoms with Crippen LogP contribution in [-0.4, -0.2) is 22.5 Å². The predicted octanol–water partition coefficient (Wildman–Crippen LogP) is 1.09. The number of unbranched alkanes of at least 4 members (excludes halogenated alkanes) is 3. The smallest absolute Gasteiger partial charge is 0.330 e. The van der Waals surface area contributed by atoms with Crippen LogP contribution in [0.5, 0.6) is 0 Å². The summed E-state index contributed by atoms with van der Waals surface area (Å²) in [7, 11) is -7.17. The van der Waals surface area contributed by atoms with Gasteiger partial charge in [-0.15, -0.1) is 0 Å². The van der Waals surface area contributed by atoms with Gasteiger partial charge in [-0.25, -0.2) is 4.31 Å². The van der Waals surface area contributed by atoms with E-state index in [2.05, 4.69) is 4.31 Å². The molecule has 0 aromatic carbocycles. The molecule has 0 aromatic heterocycles. The average molecular weight is 245 g/mol. The average Bonchev–Trinajstić information content (AvgIpc) is 2.01. The Morgan fingerprint density at radius 1 is 1.29 bits per heavy atom. The molecule has 0 saturated carbocycles. The summed E-state index contributed by atoms with van der Waals surface area (Å²) in [5.74, 6) is 0. The Balaban J connectivity index is 3.56. The molecule has 0 heterocycles. The minimum atomic E-state index is -3.85. The van der Waals surface area contributed by atoms with Crippen LogP contribution in [0.1, 0.15) is 25.7 Å². The van der Waals surface area contributed by atoms with Crippen LogP contribution in [0.15, 0.2) is 0 Å². The van der Waals surface area contributed by atoms with Gasteiger partial charge in [-0.1, -0.05) is 12.8 Å². The highest BCUT2D eigenvalue weighted by Gasteiger charge is 2.20. The molecule has 0 aliphatic rings. The first-order chi connectivity index (χ1) is 6.48. The zero-order valence-electron chi connectivity index (χ0n) is 7.89. The zero-order valence-corrected chi connectivity index (χ0v) is 9.78. The third-order valence-corrected chi connectivity index (χ3v) is 4.26. The molecule has 0 amide bonds. The molecule has 0 radical (unpaired) electrons. The van der Waals surface area contributed by atoms with E-state index in [1.54, 1.807) is 0 Å². The van der Waals surface area contributed by atoms with Gasteiger partial charge in [0.2, 0.25) is 0 Å². The SMILES string of the molecule is NCCCCCCP(=O)(O)O[PH](=O)O. The van der Waals surface area contributed by atoms with Gasteiger partial charge >= 0.3 is 15.9 Å². The van der Waals surface area contributed by atoms with Gasteiger partial charge in [0.25, 0.3) is 0 Å². The molecule has 2 atom stereocenters. The van der Waals surface area contributed by atoms with Crippen LogP contribution in [0.4, 0.5) is 0 Å². The first-order valence-electron chi connectivity index (χ1n) is 4.42. The lowest BCUT2D eigenvalue weighted by Crippen LogP contribution is -1.98. The van der Waals surface area contributed by atoms with E-state index in [0.717, 1.165) is 19.3 Å². The summed E-state index contributed by atoms with van der Waals surface area (Å²) in [6.07, 6.45) is 2.98. The van der Waals surface area contributed by atoms with Crippen LogP contribution >= 0.6 is 15.9 Å². The highest BCUT2D eigenvalue weighted by Crippen LogP contribution is 2.50. The maximum atomic E-state index is 11.0. The van der Waals surface area contributed by atoms with Crippen molar-refractivity contribution in [3.8, 4) is 0 Å². The lowest BCUT2D eigenvalue weighted by Gasteiger charge is -2.08. The summed E-state index contributed by atoms with van der Waals surface area (Å²) in [4.78, 5) is 17.3. The van der Waals surface area contributed by atoms with E-state index < -0.39 is 15.9 Å². The maximum Gasteiger partial charge on any atom is 0.335 e. The molecule has 0 aromatic rings. The molecule has 86 valence electrons. The number of nitrogens with two attached hydrogens (primary N) is 1. The van der Waals surface area contributed by atoms with Gasteiger partial charge in [0.15, 0.2) is 0 Å². The van der Waals surface area contributed by atoms with Crippen molar-refractivity contribution in [2.24, 2.45) is 5.73 Å². The van der Waals surface area contributed by atoms with E-state index in [1.807, 2.05) is 0 Å². The second-order valence-corrected chi connectivity index (χ2v) is 5.91. The quantitative estimate of drug-likeness (QED) is 0.436. The predicted molar refractivity (Wildman–Crippen MR) is 54.5 cm³/mol. The fourth-order valence-electron chi connectivity index (χ4n) is 0.977. The van der Waals surface area contributed by atoms with Gasteiger partial charge in [-0.2, -0.15) is 0 Å². The Labute approximate surface area is 83.9 Å². The van der Waals surface area contributed by atoms with Crippen molar-refractivity contribution in [3.63, 3.8) is 0 Å². The van der Waals surface area contributed by atoms with Crippen molar-refractivity contribution in [2.45, 2.75) is 25.7 Å². The van der Waals surface area contributed by atoms with E-state index >= 15 is 0 Å². The monoisotopic (exact) mass is 245 g/mol. The molecule has 0 aliphatic carbocycles. The molecule has 8 heteroatoms. The summed E-state index contributed by atoms with van der Waals surface area (Å²) in [6.45, 7) is 0.609. The lowest BCUT2D eigenvalue weighted by atomic mass is 10.2. The number of rotatable bonds is 8. The van der Waals surface area contributed by atoms with E-state index in [1.165, 1.54) is 0 Å². The second kappa shape index (κ2) is 7.57. The Morgan fingerprint density at radius 3 is 2.36 bits per heavy atom. The van der Waals surface area contributed by atoms with E-state index in [9.17, 15) is 9.13 Å². The van der Waals surface area contributed by atoms with E-state index in [-0.39, 0.29) is 6.16 Å². The normalized spacial score (nSPS) is 17.6. The second-order valence-electron chi connectivity index (χ2n) is 2.92. The molecule has 0 aliphatic heterocycles. The topological polar surface area (TPSA) is 110 Å². The third kappa shape index (κ3) is 8.88. The molecule has 0 spiro atoms. The van der Waals surface area contributed by atoms with Crippen LogP contribution in [0, 0.1) is 0 Å². The van der Waals surface area contributed by atoms with E-state index in [4.69, 9.17) is 15.5 Å². The van der Waals surface area contributed by atoms with Crippen LogP contribution in [0.25, 0.3) is 0 Å². The minimum absolute atomic E-state index is 0.0749. The molecule has 0 rings (SSSR count). The summed E-state index contributed by atoms with van der Waals surface area (Å²) in [5, 5.41) is 0. The van der Waals surface area contributed by atoms with Crippen LogP contribution in [0.3, 0.4) is 0 Å². The van der Waals surface area contributed by atoms with Gasteiger partial charge in [-0.05, 0) is 19.4 Å². The molecule has 14 heavy (non-hydrogen) atoms. The van der Waals surface area contributed by atoms with E-state index in [0.29, 0.717) is 13.0 Å². The third-order valence-electron chi connectivity index (χ3n) is 1.62. The van der Waals surface area contributed by atoms with Crippen molar-refractivity contribution >= 4 is 15.9 Å². The van der Waals surface area contributed by atoms with Crippen molar-refractivity contribution in [1.29, 1.82) is 0 Å². The fourth-order valence-corrected chi connectivity index (χ4v) is 2.94. The highest BCUT2D eigenvalue weighted by atomic mass is 31.2. The van der Waals surface area contributed by atoms with Crippen LogP contribution in [-0.2, 0) is 13.4 Å². The standard InChI is InChI=1S/C6H17NO5P2/c7-5-3-1-2-4-6-14(10,11)12-13(8)9/h13H,1-7H2,(H,8,9)(H,10,11). The fraction of sp³-hybridized carbons (Fsp3) is 1.00. The largest absolute Gasteiger partial charge is 0.335 e. The number of hydrogen-bond acceptors (Lipinski definition) is 4. The first kappa shape index (κ1) is 14.3.